The molecule has 0 saturated carbocycles. The van der Waals surface area contributed by atoms with Crippen molar-refractivity contribution in [2.45, 2.75) is 0 Å². The highest BCUT2D eigenvalue weighted by Crippen LogP contribution is 2.27. The minimum Gasteiger partial charge on any atom is -0.478 e. The largest absolute Gasteiger partial charge is 0.478 e. The number of hydrogen-bond acceptors (Lipinski definition) is 5. The molecule has 3 rings (SSSR count). The summed E-state index contributed by atoms with van der Waals surface area (Å²) in [5, 5.41) is 16.9. The summed E-state index contributed by atoms with van der Waals surface area (Å²) < 4.78 is 27.9. The quantitative estimate of drug-likeness (QED) is 0.742. The number of carbonyl (C=O) groups excluding carboxylic acids is 1. The summed E-state index contributed by atoms with van der Waals surface area (Å²) in [4.78, 5) is 27.4. The Kier molecular flexibility index (Phi) is 4.28. The Morgan fingerprint density at radius 2 is 2.08 bits per heavy atom. The van der Waals surface area contributed by atoms with Crippen LogP contribution in [0.5, 0.6) is 0 Å². The third kappa shape index (κ3) is 3.38. The zero-order valence-electron chi connectivity index (χ0n) is 12.7. The van der Waals surface area contributed by atoms with Crippen molar-refractivity contribution in [3.63, 3.8) is 0 Å². The van der Waals surface area contributed by atoms with Crippen molar-refractivity contribution in [2.24, 2.45) is 7.05 Å². The molecular formula is C15H10F2N4O3S. The molecule has 0 fully saturated rings. The molecule has 0 radical (unpaired) electrons. The van der Waals surface area contributed by atoms with Gasteiger partial charge in [-0.05, 0) is 12.1 Å². The molecule has 2 aromatic heterocycles. The number of halogens is 2. The summed E-state index contributed by atoms with van der Waals surface area (Å²) in [5.41, 5.74) is -0.208. The monoisotopic (exact) mass is 364 g/mol. The summed E-state index contributed by atoms with van der Waals surface area (Å²) in [7, 11) is 1.49. The fourth-order valence-corrected chi connectivity index (χ4v) is 2.83. The Bertz CT molecular complexity index is 983. The number of nitrogens with one attached hydrogen (secondary N) is 1. The van der Waals surface area contributed by atoms with Crippen molar-refractivity contribution in [3.05, 3.63) is 52.7 Å². The Morgan fingerprint density at radius 3 is 2.76 bits per heavy atom. The van der Waals surface area contributed by atoms with Crippen LogP contribution in [-0.4, -0.2) is 31.7 Å². The fourth-order valence-electron chi connectivity index (χ4n) is 2.12. The molecule has 10 heteroatoms. The normalized spacial score (nSPS) is 10.7. The predicted octanol–water partition coefficient (Wildman–Crippen LogP) is 2.77. The summed E-state index contributed by atoms with van der Waals surface area (Å²) in [6.45, 7) is 0. The molecule has 0 unspecified atom stereocenters. The number of amides is 1. The summed E-state index contributed by atoms with van der Waals surface area (Å²) in [5.74, 6) is -3.52. The Balaban J connectivity index is 1.84. The highest BCUT2D eigenvalue weighted by atomic mass is 32.1. The number of thiazole rings is 1. The van der Waals surface area contributed by atoms with Crippen LogP contribution in [0.3, 0.4) is 0 Å². The van der Waals surface area contributed by atoms with E-state index in [1.807, 2.05) is 0 Å². The second-order valence-electron chi connectivity index (χ2n) is 4.99. The van der Waals surface area contributed by atoms with Crippen molar-refractivity contribution in [3.8, 4) is 11.3 Å². The standard InChI is InChI=1S/C15H10F2N4O3S/c1-21-5-9(14(23)24)12(20-21)13(22)19-15-18-11(6-25-15)8-3-2-7(16)4-10(8)17/h2-6H,1H3,(H,23,24)(H,18,19,22). The molecule has 1 aromatic carbocycles. The SMILES string of the molecule is Cn1cc(C(=O)O)c(C(=O)Nc2nc(-c3ccc(F)cc3F)cs2)n1. The molecule has 128 valence electrons. The minimum atomic E-state index is -1.29. The molecule has 0 saturated heterocycles. The van der Waals surface area contributed by atoms with Gasteiger partial charge in [0.1, 0.15) is 17.2 Å². The van der Waals surface area contributed by atoms with Gasteiger partial charge < -0.3 is 5.11 Å². The Labute approximate surface area is 143 Å². The van der Waals surface area contributed by atoms with Gasteiger partial charge in [0.2, 0.25) is 0 Å². The maximum Gasteiger partial charge on any atom is 0.339 e. The predicted molar refractivity (Wildman–Crippen MR) is 85.6 cm³/mol. The van der Waals surface area contributed by atoms with Crippen LogP contribution in [0.2, 0.25) is 0 Å². The fraction of sp³-hybridized carbons (Fsp3) is 0.0667. The summed E-state index contributed by atoms with van der Waals surface area (Å²) in [6, 6.07) is 3.08. The van der Waals surface area contributed by atoms with Crippen LogP contribution in [0, 0.1) is 11.6 Å². The average molecular weight is 364 g/mol. The van der Waals surface area contributed by atoms with Gasteiger partial charge in [0.15, 0.2) is 10.8 Å². The van der Waals surface area contributed by atoms with E-state index in [0.29, 0.717) is 0 Å². The van der Waals surface area contributed by atoms with E-state index >= 15 is 0 Å². The van der Waals surface area contributed by atoms with Crippen LogP contribution in [0.25, 0.3) is 11.3 Å². The molecule has 0 aliphatic carbocycles. The van der Waals surface area contributed by atoms with Gasteiger partial charge in [-0.25, -0.2) is 18.6 Å². The van der Waals surface area contributed by atoms with Gasteiger partial charge >= 0.3 is 5.97 Å². The molecule has 2 N–H and O–H groups in total. The van der Waals surface area contributed by atoms with E-state index in [1.54, 1.807) is 0 Å². The van der Waals surface area contributed by atoms with Gasteiger partial charge in [-0.1, -0.05) is 0 Å². The lowest BCUT2D eigenvalue weighted by Crippen LogP contribution is -2.16. The molecule has 1 amide bonds. The molecule has 2 heterocycles. The van der Waals surface area contributed by atoms with Crippen LogP contribution in [0.15, 0.2) is 29.8 Å². The van der Waals surface area contributed by atoms with Crippen molar-refractivity contribution in [1.29, 1.82) is 0 Å². The number of aromatic nitrogens is 3. The van der Waals surface area contributed by atoms with Gasteiger partial charge in [-0.2, -0.15) is 5.10 Å². The van der Waals surface area contributed by atoms with E-state index in [2.05, 4.69) is 15.4 Å². The van der Waals surface area contributed by atoms with Crippen molar-refractivity contribution >= 4 is 28.3 Å². The van der Waals surface area contributed by atoms with E-state index in [-0.39, 0.29) is 27.6 Å². The number of benzene rings is 1. The molecule has 0 aliphatic rings. The first-order valence-corrected chi connectivity index (χ1v) is 7.72. The van der Waals surface area contributed by atoms with Crippen LogP contribution < -0.4 is 5.32 Å². The zero-order chi connectivity index (χ0) is 18.1. The third-order valence-electron chi connectivity index (χ3n) is 3.21. The van der Waals surface area contributed by atoms with Crippen LogP contribution >= 0.6 is 11.3 Å². The van der Waals surface area contributed by atoms with Crippen molar-refractivity contribution in [1.82, 2.24) is 14.8 Å². The number of carboxylic acids is 1. The van der Waals surface area contributed by atoms with Gasteiger partial charge in [0.05, 0.1) is 5.69 Å². The third-order valence-corrected chi connectivity index (χ3v) is 3.96. The summed E-state index contributed by atoms with van der Waals surface area (Å²) in [6.07, 6.45) is 1.21. The maximum atomic E-state index is 13.8. The van der Waals surface area contributed by atoms with Crippen LogP contribution in [0.1, 0.15) is 20.8 Å². The summed E-state index contributed by atoms with van der Waals surface area (Å²) >= 11 is 1.02. The smallest absolute Gasteiger partial charge is 0.339 e. The molecule has 0 spiro atoms. The first-order valence-electron chi connectivity index (χ1n) is 6.84. The highest BCUT2D eigenvalue weighted by molar-refractivity contribution is 7.14. The maximum absolute atomic E-state index is 13.8. The second kappa shape index (κ2) is 6.40. The zero-order valence-corrected chi connectivity index (χ0v) is 13.5. The number of aryl methyl sites for hydroxylation is 1. The second-order valence-corrected chi connectivity index (χ2v) is 5.84. The van der Waals surface area contributed by atoms with E-state index in [4.69, 9.17) is 5.11 Å². The number of aromatic carboxylic acids is 1. The van der Waals surface area contributed by atoms with Crippen molar-refractivity contribution in [2.75, 3.05) is 5.32 Å². The molecular weight excluding hydrogens is 354 g/mol. The number of hydrogen-bond donors (Lipinski definition) is 2. The lowest BCUT2D eigenvalue weighted by Gasteiger charge is -2.00. The molecule has 3 aromatic rings. The lowest BCUT2D eigenvalue weighted by atomic mass is 10.1. The highest BCUT2D eigenvalue weighted by Gasteiger charge is 2.22. The molecule has 0 bridgehead atoms. The molecule has 7 nitrogen and oxygen atoms in total. The van der Waals surface area contributed by atoms with E-state index in [9.17, 15) is 18.4 Å². The van der Waals surface area contributed by atoms with Crippen LogP contribution in [0.4, 0.5) is 13.9 Å². The van der Waals surface area contributed by atoms with E-state index in [1.165, 1.54) is 29.4 Å². The topological polar surface area (TPSA) is 97.1 Å². The number of anilines is 1. The molecule has 25 heavy (non-hydrogen) atoms. The van der Waals surface area contributed by atoms with E-state index in [0.717, 1.165) is 23.5 Å². The van der Waals surface area contributed by atoms with Gasteiger partial charge in [-0.3, -0.25) is 14.8 Å². The Hall–Kier alpha value is -3.14. The van der Waals surface area contributed by atoms with E-state index < -0.39 is 23.5 Å². The van der Waals surface area contributed by atoms with Gasteiger partial charge in [0.25, 0.3) is 5.91 Å². The minimum absolute atomic E-state index is 0.0854. The van der Waals surface area contributed by atoms with Gasteiger partial charge in [0, 0.05) is 30.3 Å². The number of rotatable bonds is 4. The number of nitrogens with zero attached hydrogens (tertiary/aromatic N) is 3. The first-order chi connectivity index (χ1) is 11.8. The van der Waals surface area contributed by atoms with Crippen LogP contribution in [-0.2, 0) is 7.05 Å². The average Bonchev–Trinajstić information content (AvgIpc) is 3.14. The molecule has 0 atom stereocenters. The number of carboxylic acid groups (broad SMARTS) is 1. The van der Waals surface area contributed by atoms with Gasteiger partial charge in [-0.15, -0.1) is 11.3 Å². The Morgan fingerprint density at radius 1 is 1.32 bits per heavy atom. The van der Waals surface area contributed by atoms with Crippen molar-refractivity contribution < 1.29 is 23.5 Å². The first kappa shape index (κ1) is 16.7. The lowest BCUT2D eigenvalue weighted by molar-refractivity contribution is 0.0692. The molecule has 0 aliphatic heterocycles. The number of carbonyl (C=O) groups is 2.